The minimum Gasteiger partial charge on any atom is -0.493 e. The van der Waals surface area contributed by atoms with Crippen molar-refractivity contribution >= 4 is 0 Å². The molecular weight excluding hydrogens is 262 g/mol. The van der Waals surface area contributed by atoms with Crippen LogP contribution in [-0.4, -0.2) is 23.9 Å². The normalized spacial score (nSPS) is 15.6. The maximum atomic E-state index is 10.2. The van der Waals surface area contributed by atoms with Gasteiger partial charge in [-0.15, -0.1) is 0 Å². The number of hydrogen-bond donors (Lipinski definition) is 2. The molecule has 0 heterocycles. The van der Waals surface area contributed by atoms with Crippen molar-refractivity contribution < 1.29 is 9.84 Å². The van der Waals surface area contributed by atoms with Gasteiger partial charge in [-0.1, -0.05) is 38.5 Å². The number of nitrogens with two attached hydrogens (primary N) is 1. The van der Waals surface area contributed by atoms with Gasteiger partial charge in [0.15, 0.2) is 0 Å². The van der Waals surface area contributed by atoms with E-state index in [0.717, 1.165) is 25.2 Å². The number of benzene rings is 1. The van der Waals surface area contributed by atoms with Crippen LogP contribution in [0.3, 0.4) is 0 Å². The molecule has 3 unspecified atom stereocenters. The van der Waals surface area contributed by atoms with Crippen LogP contribution in [0.5, 0.6) is 5.75 Å². The number of aliphatic hydroxyl groups excluding tert-OH is 1. The van der Waals surface area contributed by atoms with Gasteiger partial charge in [-0.3, -0.25) is 0 Å². The lowest BCUT2D eigenvalue weighted by molar-refractivity contribution is 0.126. The van der Waals surface area contributed by atoms with Gasteiger partial charge >= 0.3 is 0 Å². The highest BCUT2D eigenvalue weighted by molar-refractivity contribution is 5.45. The van der Waals surface area contributed by atoms with Crippen LogP contribution in [0.25, 0.3) is 0 Å². The Labute approximate surface area is 129 Å². The first-order chi connectivity index (χ1) is 9.90. The lowest BCUT2D eigenvalue weighted by Gasteiger charge is -2.24. The van der Waals surface area contributed by atoms with Crippen LogP contribution in [0.1, 0.15) is 62.6 Å². The van der Waals surface area contributed by atoms with Crippen molar-refractivity contribution in [2.24, 2.45) is 5.73 Å². The average molecular weight is 293 g/mol. The second-order valence-electron chi connectivity index (χ2n) is 6.12. The molecule has 0 spiro atoms. The van der Waals surface area contributed by atoms with E-state index in [1.165, 1.54) is 16.7 Å². The van der Waals surface area contributed by atoms with E-state index < -0.39 is 6.10 Å². The molecule has 1 aromatic rings. The largest absolute Gasteiger partial charge is 0.493 e. The molecule has 120 valence electrons. The second kappa shape index (κ2) is 8.40. The number of ether oxygens (including phenoxy) is 1. The van der Waals surface area contributed by atoms with Crippen LogP contribution in [0.4, 0.5) is 0 Å². The van der Waals surface area contributed by atoms with Crippen LogP contribution >= 0.6 is 0 Å². The maximum absolute atomic E-state index is 10.2. The SMILES string of the molecule is CCCOc1c(C)cc(C)cc1C(C)CC(O)C(N)CC. The Balaban J connectivity index is 2.98. The Kier molecular flexibility index (Phi) is 7.20. The quantitative estimate of drug-likeness (QED) is 0.768. The molecule has 0 aromatic heterocycles. The van der Waals surface area contributed by atoms with Crippen LogP contribution in [-0.2, 0) is 0 Å². The first-order valence-electron chi connectivity index (χ1n) is 8.08. The number of rotatable bonds is 8. The van der Waals surface area contributed by atoms with Crippen molar-refractivity contribution in [3.8, 4) is 5.75 Å². The Hall–Kier alpha value is -1.06. The fourth-order valence-electron chi connectivity index (χ4n) is 2.69. The maximum Gasteiger partial charge on any atom is 0.125 e. The zero-order valence-electron chi connectivity index (χ0n) is 14.1. The minimum atomic E-state index is -0.468. The lowest BCUT2D eigenvalue weighted by Crippen LogP contribution is -2.34. The molecule has 21 heavy (non-hydrogen) atoms. The number of hydrogen-bond acceptors (Lipinski definition) is 3. The van der Waals surface area contributed by atoms with Crippen molar-refractivity contribution in [2.75, 3.05) is 6.61 Å². The molecule has 0 aliphatic heterocycles. The molecule has 3 N–H and O–H groups in total. The van der Waals surface area contributed by atoms with Crippen LogP contribution in [0, 0.1) is 13.8 Å². The molecule has 0 saturated carbocycles. The van der Waals surface area contributed by atoms with Gasteiger partial charge in [-0.25, -0.2) is 0 Å². The van der Waals surface area contributed by atoms with Crippen molar-refractivity contribution in [1.29, 1.82) is 0 Å². The summed E-state index contributed by atoms with van der Waals surface area (Å²) in [5.41, 5.74) is 9.52. The van der Waals surface area contributed by atoms with Gasteiger partial charge in [0.1, 0.15) is 5.75 Å². The van der Waals surface area contributed by atoms with Gasteiger partial charge < -0.3 is 15.6 Å². The minimum absolute atomic E-state index is 0.154. The van der Waals surface area contributed by atoms with E-state index in [0.29, 0.717) is 6.42 Å². The highest BCUT2D eigenvalue weighted by Gasteiger charge is 2.21. The molecule has 0 radical (unpaired) electrons. The third kappa shape index (κ3) is 5.01. The van der Waals surface area contributed by atoms with Crippen molar-refractivity contribution in [1.82, 2.24) is 0 Å². The lowest BCUT2D eigenvalue weighted by atomic mass is 9.89. The van der Waals surface area contributed by atoms with Crippen molar-refractivity contribution in [3.63, 3.8) is 0 Å². The van der Waals surface area contributed by atoms with Gasteiger partial charge in [0, 0.05) is 6.04 Å². The summed E-state index contributed by atoms with van der Waals surface area (Å²) in [6.45, 7) is 11.2. The van der Waals surface area contributed by atoms with Crippen molar-refractivity contribution in [3.05, 3.63) is 28.8 Å². The van der Waals surface area contributed by atoms with Gasteiger partial charge in [0.05, 0.1) is 12.7 Å². The Morgan fingerprint density at radius 1 is 1.24 bits per heavy atom. The predicted molar refractivity (Wildman–Crippen MR) is 89.0 cm³/mol. The van der Waals surface area contributed by atoms with E-state index in [4.69, 9.17) is 10.5 Å². The summed E-state index contributed by atoms with van der Waals surface area (Å²) in [7, 11) is 0. The Morgan fingerprint density at radius 3 is 2.48 bits per heavy atom. The standard InChI is InChI=1S/C18H31NO2/c1-6-8-21-18-14(5)9-12(3)10-15(18)13(4)11-17(20)16(19)7-2/h9-10,13,16-17,20H,6-8,11,19H2,1-5H3. The smallest absolute Gasteiger partial charge is 0.125 e. The molecule has 0 fully saturated rings. The molecule has 1 aromatic carbocycles. The fourth-order valence-corrected chi connectivity index (χ4v) is 2.69. The number of aliphatic hydroxyl groups is 1. The molecule has 3 atom stereocenters. The van der Waals surface area contributed by atoms with Gasteiger partial charge in [-0.05, 0) is 50.2 Å². The van der Waals surface area contributed by atoms with E-state index >= 15 is 0 Å². The summed E-state index contributed by atoms with van der Waals surface area (Å²) < 4.78 is 5.95. The summed E-state index contributed by atoms with van der Waals surface area (Å²) in [5, 5.41) is 10.2. The molecule has 3 heteroatoms. The average Bonchev–Trinajstić information content (AvgIpc) is 2.44. The molecule has 3 nitrogen and oxygen atoms in total. The number of aryl methyl sites for hydroxylation is 2. The Bertz CT molecular complexity index is 445. The zero-order chi connectivity index (χ0) is 16.0. The highest BCUT2D eigenvalue weighted by Crippen LogP contribution is 2.34. The molecule has 1 rings (SSSR count). The van der Waals surface area contributed by atoms with Gasteiger partial charge in [-0.2, -0.15) is 0 Å². The van der Waals surface area contributed by atoms with E-state index in [9.17, 15) is 5.11 Å². The molecule has 0 aliphatic carbocycles. The molecule has 0 amide bonds. The van der Waals surface area contributed by atoms with Crippen molar-refractivity contribution in [2.45, 2.75) is 71.9 Å². The molecule has 0 saturated heterocycles. The van der Waals surface area contributed by atoms with E-state index in [2.05, 4.69) is 39.8 Å². The van der Waals surface area contributed by atoms with E-state index in [1.807, 2.05) is 6.92 Å². The first-order valence-corrected chi connectivity index (χ1v) is 8.08. The second-order valence-corrected chi connectivity index (χ2v) is 6.12. The van der Waals surface area contributed by atoms with Crippen LogP contribution in [0.2, 0.25) is 0 Å². The highest BCUT2D eigenvalue weighted by atomic mass is 16.5. The molecular formula is C18H31NO2. The summed E-state index contributed by atoms with van der Waals surface area (Å²) >= 11 is 0. The first kappa shape index (κ1) is 18.0. The monoisotopic (exact) mass is 293 g/mol. The van der Waals surface area contributed by atoms with Gasteiger partial charge in [0.2, 0.25) is 0 Å². The topological polar surface area (TPSA) is 55.5 Å². The predicted octanol–water partition coefficient (Wildman–Crippen LogP) is 3.68. The summed E-state index contributed by atoms with van der Waals surface area (Å²) in [5.74, 6) is 1.20. The summed E-state index contributed by atoms with van der Waals surface area (Å²) in [6.07, 6.45) is 1.98. The summed E-state index contributed by atoms with van der Waals surface area (Å²) in [6, 6.07) is 4.17. The van der Waals surface area contributed by atoms with Crippen LogP contribution in [0.15, 0.2) is 12.1 Å². The summed E-state index contributed by atoms with van der Waals surface area (Å²) in [4.78, 5) is 0. The molecule has 0 aliphatic rings. The molecule has 0 bridgehead atoms. The van der Waals surface area contributed by atoms with Gasteiger partial charge in [0.25, 0.3) is 0 Å². The fraction of sp³-hybridized carbons (Fsp3) is 0.667. The van der Waals surface area contributed by atoms with Crippen LogP contribution < -0.4 is 10.5 Å². The van der Waals surface area contributed by atoms with E-state index in [1.54, 1.807) is 0 Å². The third-order valence-electron chi connectivity index (χ3n) is 3.99. The van der Waals surface area contributed by atoms with E-state index in [-0.39, 0.29) is 12.0 Å². The Morgan fingerprint density at radius 2 is 1.90 bits per heavy atom. The zero-order valence-corrected chi connectivity index (χ0v) is 14.1. The third-order valence-corrected chi connectivity index (χ3v) is 3.99.